The van der Waals surface area contributed by atoms with Gasteiger partial charge in [-0.15, -0.1) is 0 Å². The summed E-state index contributed by atoms with van der Waals surface area (Å²) in [6.07, 6.45) is 5.60. The van der Waals surface area contributed by atoms with Crippen molar-refractivity contribution in [1.82, 2.24) is 14.5 Å². The Morgan fingerprint density at radius 2 is 2.14 bits per heavy atom. The van der Waals surface area contributed by atoms with E-state index in [1.807, 2.05) is 24.5 Å². The lowest BCUT2D eigenvalue weighted by Gasteiger charge is -2.31. The van der Waals surface area contributed by atoms with Gasteiger partial charge in [-0.3, -0.25) is 4.90 Å². The minimum Gasteiger partial charge on any atom is -0.468 e. The normalized spacial score (nSPS) is 13.2. The Labute approximate surface area is 132 Å². The highest BCUT2D eigenvalue weighted by Crippen LogP contribution is 2.17. The zero-order valence-corrected chi connectivity index (χ0v) is 14.0. The smallest absolute Gasteiger partial charge is 0.122 e. The van der Waals surface area contributed by atoms with Gasteiger partial charge in [-0.05, 0) is 25.0 Å². The molecule has 2 aromatic rings. The molecular weight excluding hydrogens is 278 g/mol. The van der Waals surface area contributed by atoms with Crippen molar-refractivity contribution in [3.8, 4) is 0 Å². The summed E-state index contributed by atoms with van der Waals surface area (Å²) in [6, 6.07) is 4.41. The lowest BCUT2D eigenvalue weighted by molar-refractivity contribution is 0.133. The average Bonchev–Trinajstić information content (AvgIpc) is 3.15. The van der Waals surface area contributed by atoms with E-state index in [-0.39, 0.29) is 0 Å². The lowest BCUT2D eigenvalue weighted by Crippen LogP contribution is -2.36. The largest absolute Gasteiger partial charge is 0.468 e. The molecule has 5 heteroatoms. The van der Waals surface area contributed by atoms with Gasteiger partial charge in [0.15, 0.2) is 0 Å². The monoisotopic (exact) mass is 305 g/mol. The van der Waals surface area contributed by atoms with E-state index in [0.29, 0.717) is 18.6 Å². The van der Waals surface area contributed by atoms with Gasteiger partial charge in [0.1, 0.15) is 11.6 Å². The van der Waals surface area contributed by atoms with Crippen LogP contribution in [0.5, 0.6) is 0 Å². The number of furan rings is 1. The second-order valence-electron chi connectivity index (χ2n) is 6.00. The topological polar surface area (TPSA) is 43.4 Å². The molecule has 0 spiro atoms. The molecule has 2 rings (SSSR count). The zero-order valence-electron chi connectivity index (χ0n) is 14.0. The summed E-state index contributed by atoms with van der Waals surface area (Å²) in [4.78, 5) is 6.93. The van der Waals surface area contributed by atoms with Crippen LogP contribution < -0.4 is 0 Å². The van der Waals surface area contributed by atoms with E-state index in [1.165, 1.54) is 0 Å². The summed E-state index contributed by atoms with van der Waals surface area (Å²) < 4.78 is 12.8. The molecule has 0 aliphatic rings. The number of nitrogens with zero attached hydrogens (tertiary/aromatic N) is 3. The summed E-state index contributed by atoms with van der Waals surface area (Å²) in [5.41, 5.74) is 0. The summed E-state index contributed by atoms with van der Waals surface area (Å²) in [5, 5.41) is 0. The molecule has 0 aliphatic heterocycles. The SMILES string of the molecule is COCCn1ccnc1CN(Cc1ccco1)C(C)C(C)C. The van der Waals surface area contributed by atoms with Crippen molar-refractivity contribution >= 4 is 0 Å². The number of imidazole rings is 1. The molecule has 0 fully saturated rings. The molecule has 0 aliphatic carbocycles. The first-order valence-electron chi connectivity index (χ1n) is 7.87. The second-order valence-corrected chi connectivity index (χ2v) is 6.00. The van der Waals surface area contributed by atoms with E-state index >= 15 is 0 Å². The molecule has 1 atom stereocenters. The fourth-order valence-corrected chi connectivity index (χ4v) is 2.43. The van der Waals surface area contributed by atoms with Crippen LogP contribution in [0.2, 0.25) is 0 Å². The molecule has 0 bridgehead atoms. The molecule has 22 heavy (non-hydrogen) atoms. The van der Waals surface area contributed by atoms with E-state index in [9.17, 15) is 0 Å². The van der Waals surface area contributed by atoms with Crippen LogP contribution in [0.1, 0.15) is 32.4 Å². The van der Waals surface area contributed by atoms with Crippen LogP contribution in [0.3, 0.4) is 0 Å². The van der Waals surface area contributed by atoms with Crippen molar-refractivity contribution in [3.63, 3.8) is 0 Å². The Morgan fingerprint density at radius 3 is 2.77 bits per heavy atom. The van der Waals surface area contributed by atoms with E-state index in [0.717, 1.165) is 31.2 Å². The predicted octanol–water partition coefficient (Wildman–Crippen LogP) is 3.17. The lowest BCUT2D eigenvalue weighted by atomic mass is 10.0. The van der Waals surface area contributed by atoms with Crippen LogP contribution >= 0.6 is 0 Å². The van der Waals surface area contributed by atoms with Crippen LogP contribution in [0.15, 0.2) is 35.2 Å². The Kier molecular flexibility index (Phi) is 6.21. The molecule has 5 nitrogen and oxygen atoms in total. The first-order chi connectivity index (χ1) is 10.6. The first-order valence-corrected chi connectivity index (χ1v) is 7.87. The maximum Gasteiger partial charge on any atom is 0.122 e. The van der Waals surface area contributed by atoms with Crippen LogP contribution in [0, 0.1) is 5.92 Å². The van der Waals surface area contributed by atoms with Gasteiger partial charge in [-0.25, -0.2) is 4.98 Å². The summed E-state index contributed by atoms with van der Waals surface area (Å²) >= 11 is 0. The molecule has 122 valence electrons. The van der Waals surface area contributed by atoms with Crippen molar-refractivity contribution in [2.24, 2.45) is 5.92 Å². The number of methoxy groups -OCH3 is 1. The molecule has 0 saturated carbocycles. The van der Waals surface area contributed by atoms with Crippen molar-refractivity contribution in [2.45, 2.75) is 46.4 Å². The maximum atomic E-state index is 5.52. The summed E-state index contributed by atoms with van der Waals surface area (Å²) in [5.74, 6) is 2.62. The second kappa shape index (κ2) is 8.15. The molecular formula is C17H27N3O2. The van der Waals surface area contributed by atoms with Crippen molar-refractivity contribution in [1.29, 1.82) is 0 Å². The molecule has 1 unspecified atom stereocenters. The third-order valence-corrected chi connectivity index (χ3v) is 4.16. The Bertz CT molecular complexity index is 534. The number of hydrogen-bond acceptors (Lipinski definition) is 4. The molecule has 0 amide bonds. The number of hydrogen-bond donors (Lipinski definition) is 0. The molecule has 0 N–H and O–H groups in total. The van der Waals surface area contributed by atoms with E-state index in [4.69, 9.17) is 9.15 Å². The first kappa shape index (κ1) is 16.8. The van der Waals surface area contributed by atoms with Crippen LogP contribution in [0.25, 0.3) is 0 Å². The van der Waals surface area contributed by atoms with Crippen LogP contribution in [-0.2, 0) is 24.4 Å². The van der Waals surface area contributed by atoms with Gasteiger partial charge in [0.2, 0.25) is 0 Å². The molecule has 2 heterocycles. The predicted molar refractivity (Wildman–Crippen MR) is 86.4 cm³/mol. The third-order valence-electron chi connectivity index (χ3n) is 4.16. The van der Waals surface area contributed by atoms with E-state index < -0.39 is 0 Å². The highest BCUT2D eigenvalue weighted by Gasteiger charge is 2.20. The molecule has 2 aromatic heterocycles. The average molecular weight is 305 g/mol. The van der Waals surface area contributed by atoms with Crippen LogP contribution in [0.4, 0.5) is 0 Å². The van der Waals surface area contributed by atoms with Gasteiger partial charge in [0.05, 0.1) is 26.0 Å². The fraction of sp³-hybridized carbons (Fsp3) is 0.588. The highest BCUT2D eigenvalue weighted by molar-refractivity contribution is 5.00. The van der Waals surface area contributed by atoms with Gasteiger partial charge in [0, 0.05) is 32.1 Å². The van der Waals surface area contributed by atoms with Gasteiger partial charge in [-0.2, -0.15) is 0 Å². The Balaban J connectivity index is 2.10. The molecule has 0 radical (unpaired) electrons. The van der Waals surface area contributed by atoms with E-state index in [2.05, 4.69) is 35.2 Å². The zero-order chi connectivity index (χ0) is 15.9. The Hall–Kier alpha value is -1.59. The van der Waals surface area contributed by atoms with Gasteiger partial charge in [0.25, 0.3) is 0 Å². The standard InChI is InChI=1S/C17H27N3O2/c1-14(2)15(3)20(12-16-6-5-10-22-16)13-17-18-7-8-19(17)9-11-21-4/h5-8,10,14-15H,9,11-13H2,1-4H3. The number of ether oxygens (including phenoxy) is 1. The maximum absolute atomic E-state index is 5.52. The number of rotatable bonds is 9. The van der Waals surface area contributed by atoms with Crippen molar-refractivity contribution < 1.29 is 9.15 Å². The van der Waals surface area contributed by atoms with Crippen molar-refractivity contribution in [3.05, 3.63) is 42.4 Å². The highest BCUT2D eigenvalue weighted by atomic mass is 16.5. The Morgan fingerprint density at radius 1 is 1.32 bits per heavy atom. The summed E-state index contributed by atoms with van der Waals surface area (Å²) in [6.45, 7) is 9.88. The van der Waals surface area contributed by atoms with Gasteiger partial charge >= 0.3 is 0 Å². The van der Waals surface area contributed by atoms with Crippen molar-refractivity contribution in [2.75, 3.05) is 13.7 Å². The quantitative estimate of drug-likeness (QED) is 0.714. The van der Waals surface area contributed by atoms with E-state index in [1.54, 1.807) is 13.4 Å². The fourth-order valence-electron chi connectivity index (χ4n) is 2.43. The summed E-state index contributed by atoms with van der Waals surface area (Å²) in [7, 11) is 1.72. The minimum atomic E-state index is 0.442. The molecule has 0 aromatic carbocycles. The van der Waals surface area contributed by atoms with Gasteiger partial charge in [-0.1, -0.05) is 13.8 Å². The minimum absolute atomic E-state index is 0.442. The number of aromatic nitrogens is 2. The molecule has 0 saturated heterocycles. The van der Waals surface area contributed by atoms with Gasteiger partial charge < -0.3 is 13.7 Å². The third kappa shape index (κ3) is 4.45. The van der Waals surface area contributed by atoms with Crippen LogP contribution in [-0.4, -0.2) is 34.2 Å².